The second kappa shape index (κ2) is 6.65. The minimum atomic E-state index is -0.631. The monoisotopic (exact) mass is 266 g/mol. The molecule has 2 aliphatic heterocycles. The van der Waals surface area contributed by atoms with E-state index >= 15 is 0 Å². The summed E-state index contributed by atoms with van der Waals surface area (Å²) >= 11 is 0. The molecule has 0 bridgehead atoms. The number of fused-ring (bicyclic) bond motifs is 1. The Morgan fingerprint density at radius 3 is 2.68 bits per heavy atom. The van der Waals surface area contributed by atoms with Gasteiger partial charge in [0.25, 0.3) is 0 Å². The highest BCUT2D eigenvalue weighted by Gasteiger charge is 2.48. The van der Waals surface area contributed by atoms with Crippen LogP contribution in [0.15, 0.2) is 36.5 Å². The first-order valence-electron chi connectivity index (χ1n) is 6.30. The summed E-state index contributed by atoms with van der Waals surface area (Å²) in [7, 11) is 0. The van der Waals surface area contributed by atoms with Gasteiger partial charge >= 0.3 is 5.97 Å². The fraction of sp³-hybridized carbons (Fsp3) is 0.500. The third kappa shape index (κ3) is 3.53. The van der Waals surface area contributed by atoms with Crippen LogP contribution in [0.4, 0.5) is 0 Å². The lowest BCUT2D eigenvalue weighted by atomic mass is 10.1. The van der Waals surface area contributed by atoms with Crippen molar-refractivity contribution in [2.45, 2.75) is 31.3 Å². The van der Waals surface area contributed by atoms with Crippen LogP contribution in [0.25, 0.3) is 0 Å². The van der Waals surface area contributed by atoms with E-state index in [1.54, 1.807) is 12.2 Å². The van der Waals surface area contributed by atoms with Gasteiger partial charge in [-0.25, -0.2) is 4.79 Å². The molecular formula is C14H18O5. The Morgan fingerprint density at radius 2 is 1.89 bits per heavy atom. The maximum Gasteiger partial charge on any atom is 0.331 e. The van der Waals surface area contributed by atoms with E-state index in [9.17, 15) is 9.90 Å². The largest absolute Gasteiger partial charge is 0.454 e. The maximum absolute atomic E-state index is 11.6. The SMILES string of the molecule is CC=C/C=C\C=C\C(=O)OC1COC2C(O)COC12. The molecule has 0 saturated carbocycles. The zero-order chi connectivity index (χ0) is 13.7. The number of carbonyl (C=O) groups is 1. The van der Waals surface area contributed by atoms with Gasteiger partial charge in [-0.2, -0.15) is 0 Å². The van der Waals surface area contributed by atoms with Crippen molar-refractivity contribution in [1.82, 2.24) is 0 Å². The van der Waals surface area contributed by atoms with Crippen LogP contribution in [0, 0.1) is 0 Å². The van der Waals surface area contributed by atoms with Gasteiger partial charge in [0.15, 0.2) is 6.10 Å². The minimum Gasteiger partial charge on any atom is -0.454 e. The fourth-order valence-corrected chi connectivity index (χ4v) is 2.11. The Morgan fingerprint density at radius 1 is 1.16 bits per heavy atom. The van der Waals surface area contributed by atoms with Crippen molar-refractivity contribution in [3.05, 3.63) is 36.5 Å². The van der Waals surface area contributed by atoms with Gasteiger partial charge in [0, 0.05) is 6.08 Å². The maximum atomic E-state index is 11.6. The highest BCUT2D eigenvalue weighted by molar-refractivity contribution is 5.82. The molecule has 19 heavy (non-hydrogen) atoms. The third-order valence-corrected chi connectivity index (χ3v) is 3.01. The van der Waals surface area contributed by atoms with E-state index in [1.165, 1.54) is 6.08 Å². The summed E-state index contributed by atoms with van der Waals surface area (Å²) in [5.74, 6) is -0.440. The van der Waals surface area contributed by atoms with Gasteiger partial charge in [0.1, 0.15) is 18.3 Å². The lowest BCUT2D eigenvalue weighted by Gasteiger charge is -2.15. The van der Waals surface area contributed by atoms with Crippen molar-refractivity contribution in [1.29, 1.82) is 0 Å². The first kappa shape index (κ1) is 14.0. The number of hydrogen-bond donors (Lipinski definition) is 1. The zero-order valence-corrected chi connectivity index (χ0v) is 10.8. The molecule has 2 fully saturated rings. The topological polar surface area (TPSA) is 65.0 Å². The van der Waals surface area contributed by atoms with E-state index in [2.05, 4.69) is 0 Å². The van der Waals surface area contributed by atoms with Crippen LogP contribution in [0.3, 0.4) is 0 Å². The van der Waals surface area contributed by atoms with Crippen LogP contribution in [0.1, 0.15) is 6.92 Å². The summed E-state index contributed by atoms with van der Waals surface area (Å²) in [6.07, 6.45) is 8.45. The molecule has 0 radical (unpaired) electrons. The Kier molecular flexibility index (Phi) is 4.90. The molecule has 5 nitrogen and oxygen atoms in total. The van der Waals surface area contributed by atoms with E-state index < -0.39 is 18.2 Å². The van der Waals surface area contributed by atoms with E-state index in [1.807, 2.05) is 25.2 Å². The molecule has 0 aromatic heterocycles. The van der Waals surface area contributed by atoms with E-state index in [4.69, 9.17) is 14.2 Å². The minimum absolute atomic E-state index is 0.227. The van der Waals surface area contributed by atoms with Gasteiger partial charge in [-0.1, -0.05) is 30.4 Å². The summed E-state index contributed by atoms with van der Waals surface area (Å²) in [6, 6.07) is 0. The standard InChI is InChI=1S/C14H18O5/c1-2-3-4-5-6-7-12(16)19-11-9-18-13-10(15)8-17-14(11)13/h2-7,10-11,13-15H,8-9H2,1H3/b3-2?,5-4-,7-6+. The number of allylic oxidation sites excluding steroid dienone is 5. The molecule has 0 aliphatic carbocycles. The molecule has 2 rings (SSSR count). The van der Waals surface area contributed by atoms with Crippen molar-refractivity contribution in [2.75, 3.05) is 13.2 Å². The predicted octanol–water partition coefficient (Wildman–Crippen LogP) is 0.745. The molecule has 5 heteroatoms. The fourth-order valence-electron chi connectivity index (χ4n) is 2.11. The van der Waals surface area contributed by atoms with Crippen molar-refractivity contribution < 1.29 is 24.1 Å². The van der Waals surface area contributed by atoms with Crippen LogP contribution >= 0.6 is 0 Å². The second-order valence-corrected chi connectivity index (χ2v) is 4.41. The van der Waals surface area contributed by atoms with Gasteiger partial charge in [-0.3, -0.25) is 0 Å². The Labute approximate surface area is 112 Å². The summed E-state index contributed by atoms with van der Waals surface area (Å²) in [5, 5.41) is 9.56. The normalized spacial score (nSPS) is 34.6. The molecule has 4 unspecified atom stereocenters. The highest BCUT2D eigenvalue weighted by atomic mass is 16.6. The van der Waals surface area contributed by atoms with Crippen LogP contribution < -0.4 is 0 Å². The molecule has 4 atom stereocenters. The average molecular weight is 266 g/mol. The molecular weight excluding hydrogens is 248 g/mol. The lowest BCUT2D eigenvalue weighted by molar-refractivity contribution is -0.147. The smallest absolute Gasteiger partial charge is 0.331 e. The van der Waals surface area contributed by atoms with Crippen molar-refractivity contribution in [3.8, 4) is 0 Å². The van der Waals surface area contributed by atoms with Crippen LogP contribution in [-0.4, -0.2) is 48.7 Å². The molecule has 0 aromatic rings. The first-order chi connectivity index (χ1) is 9.22. The van der Waals surface area contributed by atoms with E-state index in [0.717, 1.165) is 0 Å². The van der Waals surface area contributed by atoms with Crippen LogP contribution in [0.2, 0.25) is 0 Å². The Balaban J connectivity index is 1.80. The number of aliphatic hydroxyl groups excluding tert-OH is 1. The summed E-state index contributed by atoms with van der Waals surface area (Å²) in [6.45, 7) is 2.40. The lowest BCUT2D eigenvalue weighted by Crippen LogP contribution is -2.33. The van der Waals surface area contributed by atoms with E-state index in [0.29, 0.717) is 0 Å². The molecule has 1 N–H and O–H groups in total. The Bertz CT molecular complexity index is 399. The summed E-state index contributed by atoms with van der Waals surface area (Å²) in [5.41, 5.74) is 0. The molecule has 2 heterocycles. The van der Waals surface area contributed by atoms with E-state index in [-0.39, 0.29) is 25.4 Å². The summed E-state index contributed by atoms with van der Waals surface area (Å²) in [4.78, 5) is 11.6. The zero-order valence-electron chi connectivity index (χ0n) is 10.8. The van der Waals surface area contributed by atoms with Crippen molar-refractivity contribution in [3.63, 3.8) is 0 Å². The molecule has 104 valence electrons. The van der Waals surface area contributed by atoms with Gasteiger partial charge in [-0.15, -0.1) is 0 Å². The van der Waals surface area contributed by atoms with Crippen molar-refractivity contribution in [2.24, 2.45) is 0 Å². The number of aliphatic hydroxyl groups is 1. The third-order valence-electron chi connectivity index (χ3n) is 3.01. The van der Waals surface area contributed by atoms with Crippen LogP contribution in [0.5, 0.6) is 0 Å². The Hall–Kier alpha value is -1.43. The van der Waals surface area contributed by atoms with Crippen LogP contribution in [-0.2, 0) is 19.0 Å². The molecule has 0 aromatic carbocycles. The number of rotatable bonds is 4. The predicted molar refractivity (Wildman–Crippen MR) is 68.5 cm³/mol. The van der Waals surface area contributed by atoms with Gasteiger partial charge < -0.3 is 19.3 Å². The average Bonchev–Trinajstić information content (AvgIpc) is 2.94. The number of hydrogen-bond acceptors (Lipinski definition) is 5. The van der Waals surface area contributed by atoms with Gasteiger partial charge in [0.2, 0.25) is 0 Å². The quantitative estimate of drug-likeness (QED) is 0.462. The van der Waals surface area contributed by atoms with Gasteiger partial charge in [0.05, 0.1) is 13.2 Å². The molecule has 2 saturated heterocycles. The number of ether oxygens (including phenoxy) is 3. The highest BCUT2D eigenvalue weighted by Crippen LogP contribution is 2.28. The summed E-state index contributed by atoms with van der Waals surface area (Å²) < 4.78 is 16.0. The number of carbonyl (C=O) groups excluding carboxylic acids is 1. The molecule has 0 amide bonds. The second-order valence-electron chi connectivity index (χ2n) is 4.41. The first-order valence-corrected chi connectivity index (χ1v) is 6.30. The van der Waals surface area contributed by atoms with Crippen molar-refractivity contribution >= 4 is 5.97 Å². The van der Waals surface area contributed by atoms with Gasteiger partial charge in [-0.05, 0) is 6.92 Å². The number of esters is 1. The molecule has 0 spiro atoms. The molecule has 2 aliphatic rings.